The normalized spacial score (nSPS) is 9.88. The minimum absolute atomic E-state index is 0.158. The fourth-order valence-electron chi connectivity index (χ4n) is 1.23. The monoisotopic (exact) mass is 218 g/mol. The van der Waals surface area contributed by atoms with E-state index in [9.17, 15) is 4.39 Å². The van der Waals surface area contributed by atoms with Crippen molar-refractivity contribution in [2.75, 3.05) is 17.7 Å². The fourth-order valence-corrected chi connectivity index (χ4v) is 1.23. The number of nitrogens with zero attached hydrogens (tertiary/aromatic N) is 2. The van der Waals surface area contributed by atoms with Crippen LogP contribution in [0.15, 0.2) is 36.5 Å². The van der Waals surface area contributed by atoms with Gasteiger partial charge in [0.25, 0.3) is 0 Å². The van der Waals surface area contributed by atoms with E-state index in [2.05, 4.69) is 20.6 Å². The summed E-state index contributed by atoms with van der Waals surface area (Å²) in [6, 6.07) is 9.28. The quantitative estimate of drug-likeness (QED) is 0.830. The van der Waals surface area contributed by atoms with Gasteiger partial charge in [0, 0.05) is 12.7 Å². The Morgan fingerprint density at radius 2 is 1.94 bits per heavy atom. The van der Waals surface area contributed by atoms with Gasteiger partial charge in [-0.1, -0.05) is 18.2 Å². The maximum absolute atomic E-state index is 13.4. The smallest absolute Gasteiger partial charge is 0.224 e. The van der Waals surface area contributed by atoms with E-state index in [-0.39, 0.29) is 5.82 Å². The number of benzene rings is 1. The molecule has 0 saturated heterocycles. The molecule has 2 rings (SSSR count). The summed E-state index contributed by atoms with van der Waals surface area (Å²) in [6.07, 6.45) is 1.13. The summed E-state index contributed by atoms with van der Waals surface area (Å²) in [5.74, 6) is 0.0493. The van der Waals surface area contributed by atoms with Crippen molar-refractivity contribution in [3.8, 4) is 0 Å². The first-order valence-corrected chi connectivity index (χ1v) is 4.82. The third kappa shape index (κ3) is 2.25. The predicted molar refractivity (Wildman–Crippen MR) is 61.3 cm³/mol. The van der Waals surface area contributed by atoms with Gasteiger partial charge in [-0.2, -0.15) is 4.98 Å². The highest BCUT2D eigenvalue weighted by molar-refractivity contribution is 5.57. The van der Waals surface area contributed by atoms with Crippen LogP contribution in [0, 0.1) is 5.82 Å². The number of anilines is 3. The van der Waals surface area contributed by atoms with Gasteiger partial charge in [0.1, 0.15) is 0 Å². The molecule has 1 heterocycles. The van der Waals surface area contributed by atoms with Gasteiger partial charge < -0.3 is 10.6 Å². The first-order valence-electron chi connectivity index (χ1n) is 4.82. The number of nitrogens with one attached hydrogen (secondary N) is 2. The van der Waals surface area contributed by atoms with Gasteiger partial charge in [-0.3, -0.25) is 0 Å². The van der Waals surface area contributed by atoms with Crippen molar-refractivity contribution >= 4 is 17.5 Å². The molecule has 0 saturated carbocycles. The third-order valence-electron chi connectivity index (χ3n) is 2.00. The van der Waals surface area contributed by atoms with E-state index in [1.54, 1.807) is 7.05 Å². The standard InChI is InChI=1S/C11H11FN4/c1-13-11-14-7-9(12)10(16-11)15-8-5-3-2-4-6-8/h2-7H,1H3,(H2,13,14,15,16). The van der Waals surface area contributed by atoms with Crippen molar-refractivity contribution in [2.24, 2.45) is 0 Å². The zero-order valence-corrected chi connectivity index (χ0v) is 8.74. The maximum Gasteiger partial charge on any atom is 0.224 e. The molecule has 0 aliphatic rings. The van der Waals surface area contributed by atoms with E-state index in [0.29, 0.717) is 5.95 Å². The average molecular weight is 218 g/mol. The van der Waals surface area contributed by atoms with Crippen molar-refractivity contribution in [3.05, 3.63) is 42.3 Å². The van der Waals surface area contributed by atoms with E-state index in [1.807, 2.05) is 30.3 Å². The van der Waals surface area contributed by atoms with Gasteiger partial charge in [-0.15, -0.1) is 0 Å². The molecule has 0 bridgehead atoms. The van der Waals surface area contributed by atoms with Gasteiger partial charge in [0.05, 0.1) is 6.20 Å². The predicted octanol–water partition coefficient (Wildman–Crippen LogP) is 2.40. The fraction of sp³-hybridized carbons (Fsp3) is 0.0909. The zero-order chi connectivity index (χ0) is 11.4. The topological polar surface area (TPSA) is 49.8 Å². The van der Waals surface area contributed by atoms with E-state index in [1.165, 1.54) is 0 Å². The van der Waals surface area contributed by atoms with Crippen LogP contribution in [0.4, 0.5) is 21.8 Å². The van der Waals surface area contributed by atoms with Gasteiger partial charge >= 0.3 is 0 Å². The van der Waals surface area contributed by atoms with Crippen LogP contribution in [-0.2, 0) is 0 Å². The lowest BCUT2D eigenvalue weighted by Crippen LogP contribution is -2.02. The number of hydrogen-bond donors (Lipinski definition) is 2. The Bertz CT molecular complexity index is 473. The minimum atomic E-state index is -0.483. The van der Waals surface area contributed by atoms with Crippen molar-refractivity contribution < 1.29 is 4.39 Å². The summed E-state index contributed by atoms with van der Waals surface area (Å²) in [6.45, 7) is 0. The second-order valence-electron chi connectivity index (χ2n) is 3.13. The summed E-state index contributed by atoms with van der Waals surface area (Å²) in [5, 5.41) is 5.63. The highest BCUT2D eigenvalue weighted by Gasteiger charge is 2.05. The molecule has 0 unspecified atom stereocenters. The number of aromatic nitrogens is 2. The number of hydrogen-bond acceptors (Lipinski definition) is 4. The SMILES string of the molecule is CNc1ncc(F)c(Nc2ccccc2)n1. The van der Waals surface area contributed by atoms with Gasteiger partial charge in [-0.05, 0) is 12.1 Å². The molecule has 0 spiro atoms. The lowest BCUT2D eigenvalue weighted by Gasteiger charge is -2.07. The second-order valence-corrected chi connectivity index (χ2v) is 3.13. The molecular formula is C11H11FN4. The molecule has 0 fully saturated rings. The Kier molecular flexibility index (Phi) is 2.95. The van der Waals surface area contributed by atoms with Crippen LogP contribution in [0.3, 0.4) is 0 Å². The molecule has 0 radical (unpaired) electrons. The lowest BCUT2D eigenvalue weighted by atomic mass is 10.3. The summed E-state index contributed by atoms with van der Waals surface area (Å²) >= 11 is 0. The molecular weight excluding hydrogens is 207 g/mol. The number of halogens is 1. The first kappa shape index (κ1) is 10.4. The van der Waals surface area contributed by atoms with E-state index in [0.717, 1.165) is 11.9 Å². The van der Waals surface area contributed by atoms with Crippen LogP contribution in [-0.4, -0.2) is 17.0 Å². The average Bonchev–Trinajstić information content (AvgIpc) is 2.33. The Morgan fingerprint density at radius 1 is 1.19 bits per heavy atom. The number of rotatable bonds is 3. The molecule has 4 nitrogen and oxygen atoms in total. The van der Waals surface area contributed by atoms with Gasteiger partial charge in [0.2, 0.25) is 5.95 Å². The van der Waals surface area contributed by atoms with Gasteiger partial charge in [0.15, 0.2) is 11.6 Å². The molecule has 0 aliphatic carbocycles. The van der Waals surface area contributed by atoms with Crippen molar-refractivity contribution in [2.45, 2.75) is 0 Å². The molecule has 5 heteroatoms. The maximum atomic E-state index is 13.4. The van der Waals surface area contributed by atoms with Crippen LogP contribution in [0.1, 0.15) is 0 Å². The molecule has 0 aliphatic heterocycles. The van der Waals surface area contributed by atoms with Crippen LogP contribution in [0.25, 0.3) is 0 Å². The molecule has 16 heavy (non-hydrogen) atoms. The molecule has 2 aromatic rings. The summed E-state index contributed by atoms with van der Waals surface area (Å²) < 4.78 is 13.4. The Labute approximate surface area is 92.6 Å². The number of para-hydroxylation sites is 1. The highest BCUT2D eigenvalue weighted by Crippen LogP contribution is 2.17. The van der Waals surface area contributed by atoms with Crippen molar-refractivity contribution in [1.29, 1.82) is 0 Å². The van der Waals surface area contributed by atoms with E-state index >= 15 is 0 Å². The van der Waals surface area contributed by atoms with Crippen molar-refractivity contribution in [1.82, 2.24) is 9.97 Å². The summed E-state index contributed by atoms with van der Waals surface area (Å²) in [7, 11) is 1.68. The molecule has 0 atom stereocenters. The Hall–Kier alpha value is -2.17. The van der Waals surface area contributed by atoms with E-state index in [4.69, 9.17) is 0 Å². The zero-order valence-electron chi connectivity index (χ0n) is 8.74. The van der Waals surface area contributed by atoms with Crippen LogP contribution in [0.2, 0.25) is 0 Å². The van der Waals surface area contributed by atoms with Crippen LogP contribution in [0.5, 0.6) is 0 Å². The third-order valence-corrected chi connectivity index (χ3v) is 2.00. The highest BCUT2D eigenvalue weighted by atomic mass is 19.1. The first-order chi connectivity index (χ1) is 7.79. The summed E-state index contributed by atoms with van der Waals surface area (Å²) in [4.78, 5) is 7.74. The lowest BCUT2D eigenvalue weighted by molar-refractivity contribution is 0.619. The summed E-state index contributed by atoms with van der Waals surface area (Å²) in [5.41, 5.74) is 0.780. The van der Waals surface area contributed by atoms with Gasteiger partial charge in [-0.25, -0.2) is 9.37 Å². The molecule has 1 aromatic carbocycles. The molecule has 2 N–H and O–H groups in total. The Balaban J connectivity index is 2.27. The van der Waals surface area contributed by atoms with Crippen LogP contribution < -0.4 is 10.6 Å². The molecule has 0 amide bonds. The van der Waals surface area contributed by atoms with Crippen molar-refractivity contribution in [3.63, 3.8) is 0 Å². The molecule has 82 valence electrons. The molecule has 1 aromatic heterocycles. The minimum Gasteiger partial charge on any atom is -0.357 e. The Morgan fingerprint density at radius 3 is 2.62 bits per heavy atom. The van der Waals surface area contributed by atoms with Crippen LogP contribution >= 0.6 is 0 Å². The van der Waals surface area contributed by atoms with E-state index < -0.39 is 5.82 Å². The largest absolute Gasteiger partial charge is 0.357 e. The second kappa shape index (κ2) is 4.57.